The molecule has 4 nitrogen and oxygen atoms in total. The van der Waals surface area contributed by atoms with E-state index in [1.165, 1.54) is 12.8 Å². The van der Waals surface area contributed by atoms with E-state index in [9.17, 15) is 5.11 Å². The summed E-state index contributed by atoms with van der Waals surface area (Å²) in [5.41, 5.74) is 1.11. The van der Waals surface area contributed by atoms with E-state index in [1.54, 1.807) is 0 Å². The molecule has 1 aromatic rings. The first kappa shape index (κ1) is 10.3. The molecule has 88 valence electrons. The van der Waals surface area contributed by atoms with E-state index in [1.807, 2.05) is 0 Å². The van der Waals surface area contributed by atoms with E-state index in [0.717, 1.165) is 43.7 Å². The molecule has 16 heavy (non-hydrogen) atoms. The average Bonchev–Trinajstić information content (AvgIpc) is 2.73. The lowest BCUT2D eigenvalue weighted by molar-refractivity contribution is 0.0833. The Morgan fingerprint density at radius 1 is 1.25 bits per heavy atom. The van der Waals surface area contributed by atoms with Gasteiger partial charge in [0, 0.05) is 6.42 Å². The van der Waals surface area contributed by atoms with Crippen LogP contribution in [-0.2, 0) is 12.8 Å². The van der Waals surface area contributed by atoms with E-state index in [4.69, 9.17) is 4.42 Å². The molecule has 2 N–H and O–H groups in total. The van der Waals surface area contributed by atoms with Crippen LogP contribution in [0.25, 0.3) is 0 Å². The fourth-order valence-electron chi connectivity index (χ4n) is 2.63. The van der Waals surface area contributed by atoms with Crippen LogP contribution in [0, 0.1) is 0 Å². The molecule has 0 spiro atoms. The Labute approximate surface area is 95.1 Å². The van der Waals surface area contributed by atoms with Gasteiger partial charge in [-0.3, -0.25) is 0 Å². The topological polar surface area (TPSA) is 58.3 Å². The Morgan fingerprint density at radius 3 is 2.94 bits per heavy atom. The molecule has 2 heterocycles. The molecule has 1 aromatic heterocycles. The highest BCUT2D eigenvalue weighted by Crippen LogP contribution is 2.28. The number of oxazole rings is 1. The molecule has 4 heteroatoms. The standard InChI is InChI=1S/C12H18N2O2/c15-9-5-3-7-13-11(9)12-14-8-4-1-2-6-10(8)16-12/h9,11,13,15H,1-7H2. The molecule has 0 saturated carbocycles. The van der Waals surface area contributed by atoms with Crippen molar-refractivity contribution in [1.29, 1.82) is 0 Å². The summed E-state index contributed by atoms with van der Waals surface area (Å²) in [5, 5.41) is 13.2. The third-order valence-electron chi connectivity index (χ3n) is 3.55. The number of aliphatic hydroxyl groups is 1. The number of hydrogen-bond donors (Lipinski definition) is 2. The summed E-state index contributed by atoms with van der Waals surface area (Å²) in [6, 6.07) is -0.0978. The van der Waals surface area contributed by atoms with Crippen molar-refractivity contribution in [3.8, 4) is 0 Å². The van der Waals surface area contributed by atoms with Gasteiger partial charge >= 0.3 is 0 Å². The zero-order valence-electron chi connectivity index (χ0n) is 9.41. The van der Waals surface area contributed by atoms with E-state index in [2.05, 4.69) is 10.3 Å². The quantitative estimate of drug-likeness (QED) is 0.753. The molecule has 2 unspecified atom stereocenters. The maximum absolute atomic E-state index is 9.92. The minimum Gasteiger partial charge on any atom is -0.444 e. The summed E-state index contributed by atoms with van der Waals surface area (Å²) in [6.07, 6.45) is 5.95. The number of aromatic nitrogens is 1. The zero-order valence-corrected chi connectivity index (χ0v) is 9.41. The lowest BCUT2D eigenvalue weighted by Crippen LogP contribution is -2.37. The number of nitrogens with one attached hydrogen (secondary N) is 1. The zero-order chi connectivity index (χ0) is 11.0. The van der Waals surface area contributed by atoms with Gasteiger partial charge in [-0.05, 0) is 38.6 Å². The van der Waals surface area contributed by atoms with Crippen molar-refractivity contribution < 1.29 is 9.52 Å². The second-order valence-electron chi connectivity index (χ2n) is 4.77. The van der Waals surface area contributed by atoms with Gasteiger partial charge < -0.3 is 14.8 Å². The van der Waals surface area contributed by atoms with Gasteiger partial charge in [-0.1, -0.05) is 0 Å². The van der Waals surface area contributed by atoms with Crippen LogP contribution in [0.3, 0.4) is 0 Å². The van der Waals surface area contributed by atoms with Gasteiger partial charge in [-0.15, -0.1) is 0 Å². The second-order valence-corrected chi connectivity index (χ2v) is 4.77. The molecule has 3 rings (SSSR count). The number of piperidine rings is 1. The molecule has 0 bridgehead atoms. The number of rotatable bonds is 1. The smallest absolute Gasteiger partial charge is 0.214 e. The van der Waals surface area contributed by atoms with E-state index >= 15 is 0 Å². The van der Waals surface area contributed by atoms with Gasteiger partial charge in [0.15, 0.2) is 0 Å². The number of fused-ring (bicyclic) bond motifs is 1. The summed E-state index contributed by atoms with van der Waals surface area (Å²) in [5.74, 6) is 1.74. The number of aryl methyl sites for hydroxylation is 2. The highest BCUT2D eigenvalue weighted by molar-refractivity contribution is 5.15. The molecule has 0 amide bonds. The number of hydrogen-bond acceptors (Lipinski definition) is 4. The third kappa shape index (κ3) is 1.76. The summed E-state index contributed by atoms with van der Waals surface area (Å²) >= 11 is 0. The summed E-state index contributed by atoms with van der Waals surface area (Å²) in [7, 11) is 0. The molecule has 1 saturated heterocycles. The van der Waals surface area contributed by atoms with E-state index in [0.29, 0.717) is 5.89 Å². The first-order valence-electron chi connectivity index (χ1n) is 6.24. The SMILES string of the molecule is OC1CCCNC1c1nc2c(o1)CCCC2. The van der Waals surface area contributed by atoms with Gasteiger partial charge in [0.2, 0.25) is 5.89 Å². The summed E-state index contributed by atoms with van der Waals surface area (Å²) in [4.78, 5) is 4.54. The summed E-state index contributed by atoms with van der Waals surface area (Å²) < 4.78 is 5.78. The van der Waals surface area contributed by atoms with Crippen molar-refractivity contribution in [1.82, 2.24) is 10.3 Å². The number of nitrogens with zero attached hydrogens (tertiary/aromatic N) is 1. The summed E-state index contributed by atoms with van der Waals surface area (Å²) in [6.45, 7) is 0.939. The Kier molecular flexibility index (Phi) is 2.69. The van der Waals surface area contributed by atoms with Crippen molar-refractivity contribution in [3.63, 3.8) is 0 Å². The van der Waals surface area contributed by atoms with Crippen LogP contribution in [-0.4, -0.2) is 22.7 Å². The Bertz CT molecular complexity index is 352. The fraction of sp³-hybridized carbons (Fsp3) is 0.750. The van der Waals surface area contributed by atoms with Crippen LogP contribution in [0.15, 0.2) is 4.42 Å². The fourth-order valence-corrected chi connectivity index (χ4v) is 2.63. The Morgan fingerprint density at radius 2 is 2.12 bits per heavy atom. The maximum atomic E-state index is 9.92. The van der Waals surface area contributed by atoms with Crippen molar-refractivity contribution in [2.45, 2.75) is 50.7 Å². The molecule has 2 atom stereocenters. The second kappa shape index (κ2) is 4.18. The lowest BCUT2D eigenvalue weighted by Gasteiger charge is -2.26. The van der Waals surface area contributed by atoms with Crippen LogP contribution in [0.2, 0.25) is 0 Å². The van der Waals surface area contributed by atoms with Crippen LogP contribution < -0.4 is 5.32 Å². The third-order valence-corrected chi connectivity index (χ3v) is 3.55. The van der Waals surface area contributed by atoms with Crippen LogP contribution in [0.4, 0.5) is 0 Å². The highest BCUT2D eigenvalue weighted by atomic mass is 16.4. The van der Waals surface area contributed by atoms with Crippen molar-refractivity contribution in [2.75, 3.05) is 6.54 Å². The molecule has 0 aromatic carbocycles. The minimum atomic E-state index is -0.353. The number of aliphatic hydroxyl groups excluding tert-OH is 1. The van der Waals surface area contributed by atoms with Crippen LogP contribution in [0.5, 0.6) is 0 Å². The van der Waals surface area contributed by atoms with Crippen LogP contribution >= 0.6 is 0 Å². The Hall–Kier alpha value is -0.870. The average molecular weight is 222 g/mol. The largest absolute Gasteiger partial charge is 0.444 e. The van der Waals surface area contributed by atoms with Crippen molar-refractivity contribution in [3.05, 3.63) is 17.3 Å². The molecular weight excluding hydrogens is 204 g/mol. The van der Waals surface area contributed by atoms with Gasteiger partial charge in [0.1, 0.15) is 11.8 Å². The molecule has 1 aliphatic heterocycles. The molecule has 1 fully saturated rings. The molecule has 2 aliphatic rings. The van der Waals surface area contributed by atoms with Crippen LogP contribution in [0.1, 0.15) is 49.1 Å². The van der Waals surface area contributed by atoms with Gasteiger partial charge in [-0.2, -0.15) is 0 Å². The van der Waals surface area contributed by atoms with Crippen molar-refractivity contribution >= 4 is 0 Å². The minimum absolute atomic E-state index is 0.0978. The first-order valence-corrected chi connectivity index (χ1v) is 6.24. The molecule has 0 radical (unpaired) electrons. The predicted octanol–water partition coefficient (Wildman–Crippen LogP) is 1.34. The predicted molar refractivity (Wildman–Crippen MR) is 59.1 cm³/mol. The van der Waals surface area contributed by atoms with Gasteiger partial charge in [-0.25, -0.2) is 4.98 Å². The van der Waals surface area contributed by atoms with Gasteiger partial charge in [0.05, 0.1) is 11.8 Å². The monoisotopic (exact) mass is 222 g/mol. The normalized spacial score (nSPS) is 30.1. The van der Waals surface area contributed by atoms with Gasteiger partial charge in [0.25, 0.3) is 0 Å². The van der Waals surface area contributed by atoms with E-state index < -0.39 is 0 Å². The molecular formula is C12H18N2O2. The van der Waals surface area contributed by atoms with Crippen molar-refractivity contribution in [2.24, 2.45) is 0 Å². The maximum Gasteiger partial charge on any atom is 0.214 e. The van der Waals surface area contributed by atoms with E-state index in [-0.39, 0.29) is 12.1 Å². The molecule has 1 aliphatic carbocycles. The highest BCUT2D eigenvalue weighted by Gasteiger charge is 2.30. The first-order chi connectivity index (χ1) is 7.84. The lowest BCUT2D eigenvalue weighted by atomic mass is 10.0. The Balaban J connectivity index is 1.85.